The van der Waals surface area contributed by atoms with E-state index in [1.807, 2.05) is 6.07 Å². The summed E-state index contributed by atoms with van der Waals surface area (Å²) in [5, 5.41) is 6.79. The molecule has 1 saturated heterocycles. The van der Waals surface area contributed by atoms with Crippen molar-refractivity contribution in [1.29, 1.82) is 0 Å². The zero-order chi connectivity index (χ0) is 8.93. The lowest BCUT2D eigenvalue weighted by molar-refractivity contribution is 0.508. The highest BCUT2D eigenvalue weighted by Crippen LogP contribution is 2.06. The van der Waals surface area contributed by atoms with Crippen molar-refractivity contribution in [3.8, 4) is 0 Å². The average Bonchev–Trinajstić information content (AvgIpc) is 2.75. The van der Waals surface area contributed by atoms with Crippen LogP contribution in [0.15, 0.2) is 23.0 Å². The van der Waals surface area contributed by atoms with Crippen LogP contribution in [0.1, 0.15) is 12.0 Å². The van der Waals surface area contributed by atoms with Crippen LogP contribution in [-0.4, -0.2) is 19.6 Å². The summed E-state index contributed by atoms with van der Waals surface area (Å²) in [6.07, 6.45) is 4.81. The Bertz CT molecular complexity index is 227. The summed E-state index contributed by atoms with van der Waals surface area (Å²) in [6, 6.07) is 2.00. The summed E-state index contributed by atoms with van der Waals surface area (Å²) in [5.41, 5.74) is 1.23. The molecule has 0 saturated carbocycles. The molecule has 0 aromatic carbocycles. The highest BCUT2D eigenvalue weighted by molar-refractivity contribution is 5.04. The third kappa shape index (κ3) is 2.57. The van der Waals surface area contributed by atoms with E-state index in [1.54, 1.807) is 12.5 Å². The zero-order valence-electron chi connectivity index (χ0n) is 7.75. The van der Waals surface area contributed by atoms with Gasteiger partial charge in [-0.3, -0.25) is 0 Å². The van der Waals surface area contributed by atoms with Crippen molar-refractivity contribution in [3.05, 3.63) is 24.2 Å². The maximum atomic E-state index is 4.98. The lowest BCUT2D eigenvalue weighted by Crippen LogP contribution is -2.23. The first-order valence-electron chi connectivity index (χ1n) is 4.87. The van der Waals surface area contributed by atoms with Gasteiger partial charge in [0.05, 0.1) is 12.5 Å². The fraction of sp³-hybridized carbons (Fsp3) is 0.600. The Kier molecular flexibility index (Phi) is 3.00. The maximum absolute atomic E-state index is 4.98. The summed E-state index contributed by atoms with van der Waals surface area (Å²) in [4.78, 5) is 0. The van der Waals surface area contributed by atoms with E-state index in [1.165, 1.54) is 25.1 Å². The second-order valence-electron chi connectivity index (χ2n) is 3.62. The molecule has 0 radical (unpaired) electrons. The van der Waals surface area contributed by atoms with E-state index in [9.17, 15) is 0 Å². The summed E-state index contributed by atoms with van der Waals surface area (Å²) in [6.45, 7) is 4.38. The van der Waals surface area contributed by atoms with Crippen molar-refractivity contribution >= 4 is 0 Å². The van der Waals surface area contributed by atoms with Crippen LogP contribution in [0.25, 0.3) is 0 Å². The van der Waals surface area contributed by atoms with Crippen LogP contribution in [0.4, 0.5) is 0 Å². The monoisotopic (exact) mass is 180 g/mol. The molecule has 2 N–H and O–H groups in total. The van der Waals surface area contributed by atoms with Crippen molar-refractivity contribution in [2.45, 2.75) is 13.0 Å². The van der Waals surface area contributed by atoms with Crippen LogP contribution < -0.4 is 10.6 Å². The van der Waals surface area contributed by atoms with Gasteiger partial charge in [0, 0.05) is 12.1 Å². The fourth-order valence-corrected chi connectivity index (χ4v) is 1.70. The molecule has 1 fully saturated rings. The van der Waals surface area contributed by atoms with Crippen LogP contribution >= 0.6 is 0 Å². The molecule has 0 amide bonds. The number of furan rings is 1. The van der Waals surface area contributed by atoms with Gasteiger partial charge >= 0.3 is 0 Å². The number of hydrogen-bond acceptors (Lipinski definition) is 3. The van der Waals surface area contributed by atoms with Crippen LogP contribution in [0, 0.1) is 5.92 Å². The smallest absolute Gasteiger partial charge is 0.0947 e. The van der Waals surface area contributed by atoms with E-state index >= 15 is 0 Å². The zero-order valence-corrected chi connectivity index (χ0v) is 7.75. The first-order valence-corrected chi connectivity index (χ1v) is 4.87. The third-order valence-corrected chi connectivity index (χ3v) is 2.50. The Balaban J connectivity index is 1.63. The molecule has 3 heteroatoms. The van der Waals surface area contributed by atoms with E-state index in [-0.39, 0.29) is 0 Å². The lowest BCUT2D eigenvalue weighted by atomic mass is 10.1. The molecule has 0 bridgehead atoms. The molecule has 1 aliphatic heterocycles. The standard InChI is InChI=1S/C10H16N2O/c1-3-11-5-9(1)6-12-7-10-2-4-13-8-10/h2,4,8-9,11-12H,1,3,5-7H2/t9-/m1/s1. The molecular weight excluding hydrogens is 164 g/mol. The van der Waals surface area contributed by atoms with Crippen LogP contribution in [-0.2, 0) is 6.54 Å². The molecule has 0 spiro atoms. The van der Waals surface area contributed by atoms with E-state index in [4.69, 9.17) is 4.42 Å². The van der Waals surface area contributed by atoms with Crippen molar-refractivity contribution in [1.82, 2.24) is 10.6 Å². The molecule has 2 rings (SSSR count). The highest BCUT2D eigenvalue weighted by atomic mass is 16.3. The first kappa shape index (κ1) is 8.78. The van der Waals surface area contributed by atoms with Crippen LogP contribution in [0.2, 0.25) is 0 Å². The third-order valence-electron chi connectivity index (χ3n) is 2.50. The summed E-state index contributed by atoms with van der Waals surface area (Å²) in [7, 11) is 0. The summed E-state index contributed by atoms with van der Waals surface area (Å²) < 4.78 is 4.98. The average molecular weight is 180 g/mol. The Hall–Kier alpha value is -0.800. The van der Waals surface area contributed by atoms with Gasteiger partial charge in [0.25, 0.3) is 0 Å². The van der Waals surface area contributed by atoms with E-state index in [2.05, 4.69) is 10.6 Å². The van der Waals surface area contributed by atoms with Crippen molar-refractivity contribution in [3.63, 3.8) is 0 Å². The van der Waals surface area contributed by atoms with Gasteiger partial charge in [-0.1, -0.05) is 0 Å². The van der Waals surface area contributed by atoms with Gasteiger partial charge in [0.15, 0.2) is 0 Å². The molecular formula is C10H16N2O. The predicted octanol–water partition coefficient (Wildman–Crippen LogP) is 0.979. The van der Waals surface area contributed by atoms with Crippen molar-refractivity contribution in [2.24, 2.45) is 5.92 Å². The predicted molar refractivity (Wildman–Crippen MR) is 51.4 cm³/mol. The Morgan fingerprint density at radius 1 is 1.62 bits per heavy atom. The first-order chi connectivity index (χ1) is 6.45. The van der Waals surface area contributed by atoms with Crippen LogP contribution in [0.3, 0.4) is 0 Å². The minimum atomic E-state index is 0.812. The molecule has 1 aromatic rings. The lowest BCUT2D eigenvalue weighted by Gasteiger charge is -2.08. The maximum Gasteiger partial charge on any atom is 0.0947 e. The quantitative estimate of drug-likeness (QED) is 0.725. The second kappa shape index (κ2) is 4.44. The molecule has 72 valence electrons. The van der Waals surface area contributed by atoms with E-state index in [0.717, 1.165) is 19.0 Å². The normalized spacial score (nSPS) is 22.3. The SMILES string of the molecule is c1cc(CNC[C@@H]2CCNC2)co1. The van der Waals surface area contributed by atoms with Gasteiger partial charge in [0.2, 0.25) is 0 Å². The van der Waals surface area contributed by atoms with Gasteiger partial charge in [-0.15, -0.1) is 0 Å². The summed E-state index contributed by atoms with van der Waals surface area (Å²) in [5.74, 6) is 0.812. The van der Waals surface area contributed by atoms with Gasteiger partial charge in [0.1, 0.15) is 0 Å². The molecule has 0 unspecified atom stereocenters. The van der Waals surface area contributed by atoms with Crippen molar-refractivity contribution < 1.29 is 4.42 Å². The molecule has 1 aliphatic rings. The Labute approximate surface area is 78.5 Å². The molecule has 1 aromatic heterocycles. The van der Waals surface area contributed by atoms with Gasteiger partial charge in [-0.05, 0) is 38.0 Å². The van der Waals surface area contributed by atoms with Gasteiger partial charge in [-0.2, -0.15) is 0 Å². The van der Waals surface area contributed by atoms with Gasteiger partial charge < -0.3 is 15.1 Å². The molecule has 2 heterocycles. The van der Waals surface area contributed by atoms with Gasteiger partial charge in [-0.25, -0.2) is 0 Å². The fourth-order valence-electron chi connectivity index (χ4n) is 1.70. The minimum Gasteiger partial charge on any atom is -0.472 e. The number of rotatable bonds is 4. The van der Waals surface area contributed by atoms with Crippen molar-refractivity contribution in [2.75, 3.05) is 19.6 Å². The topological polar surface area (TPSA) is 37.2 Å². The number of nitrogens with one attached hydrogen (secondary N) is 2. The Morgan fingerprint density at radius 2 is 2.62 bits per heavy atom. The largest absolute Gasteiger partial charge is 0.472 e. The number of hydrogen-bond donors (Lipinski definition) is 2. The Morgan fingerprint density at radius 3 is 3.31 bits per heavy atom. The molecule has 3 nitrogen and oxygen atoms in total. The molecule has 1 atom stereocenters. The molecule has 13 heavy (non-hydrogen) atoms. The molecule has 0 aliphatic carbocycles. The van der Waals surface area contributed by atoms with Crippen LogP contribution in [0.5, 0.6) is 0 Å². The van der Waals surface area contributed by atoms with E-state index in [0.29, 0.717) is 0 Å². The minimum absolute atomic E-state index is 0.812. The summed E-state index contributed by atoms with van der Waals surface area (Å²) >= 11 is 0. The van der Waals surface area contributed by atoms with E-state index < -0.39 is 0 Å². The highest BCUT2D eigenvalue weighted by Gasteiger charge is 2.13. The second-order valence-corrected chi connectivity index (χ2v) is 3.62.